The summed E-state index contributed by atoms with van der Waals surface area (Å²) in [7, 11) is 1.90. The summed E-state index contributed by atoms with van der Waals surface area (Å²) in [5.41, 5.74) is -0.0693. The second-order valence-electron chi connectivity index (χ2n) is 5.24. The van der Waals surface area contributed by atoms with Gasteiger partial charge in [0, 0.05) is 49.2 Å². The number of ether oxygens (including phenoxy) is 1. The molecule has 0 unspecified atom stereocenters. The Balaban J connectivity index is 1.95. The van der Waals surface area contributed by atoms with Crippen LogP contribution in [0.25, 0.3) is 0 Å². The van der Waals surface area contributed by atoms with Crippen LogP contribution in [0.15, 0.2) is 22.7 Å². The predicted molar refractivity (Wildman–Crippen MR) is 75.4 cm³/mol. The van der Waals surface area contributed by atoms with Crippen molar-refractivity contribution >= 4 is 15.9 Å². The molecule has 1 aromatic carbocycles. The van der Waals surface area contributed by atoms with Gasteiger partial charge in [0.15, 0.2) is 0 Å². The zero-order valence-electron chi connectivity index (χ0n) is 11.0. The third-order valence-corrected chi connectivity index (χ3v) is 3.94. The van der Waals surface area contributed by atoms with Crippen molar-refractivity contribution in [2.75, 3.05) is 26.8 Å². The predicted octanol–water partition coefficient (Wildman–Crippen LogP) is 2.56. The van der Waals surface area contributed by atoms with Gasteiger partial charge in [-0.05, 0) is 19.2 Å². The van der Waals surface area contributed by atoms with Crippen LogP contribution in [-0.2, 0) is 11.3 Å². The maximum Gasteiger partial charge on any atom is 0.128 e. The normalized spacial score (nSPS) is 18.8. The van der Waals surface area contributed by atoms with E-state index in [9.17, 15) is 9.50 Å². The first kappa shape index (κ1) is 14.9. The SMILES string of the molecule is CN(Cc1ccc(Br)cc1F)CC1(O)CCOCC1. The van der Waals surface area contributed by atoms with Gasteiger partial charge in [-0.25, -0.2) is 4.39 Å². The summed E-state index contributed by atoms with van der Waals surface area (Å²) in [6.07, 6.45) is 1.28. The molecule has 19 heavy (non-hydrogen) atoms. The Kier molecular flexibility index (Phi) is 4.95. The highest BCUT2D eigenvalue weighted by Crippen LogP contribution is 2.23. The topological polar surface area (TPSA) is 32.7 Å². The molecule has 1 aliphatic rings. The molecule has 106 valence electrons. The lowest BCUT2D eigenvalue weighted by Crippen LogP contribution is -2.45. The molecule has 1 aromatic rings. The number of hydrogen-bond donors (Lipinski definition) is 1. The van der Waals surface area contributed by atoms with E-state index in [1.54, 1.807) is 6.07 Å². The highest BCUT2D eigenvalue weighted by molar-refractivity contribution is 9.10. The molecule has 0 bridgehead atoms. The molecule has 2 rings (SSSR count). The van der Waals surface area contributed by atoms with E-state index in [1.165, 1.54) is 6.07 Å². The Bertz CT molecular complexity index is 435. The molecule has 0 aliphatic carbocycles. The largest absolute Gasteiger partial charge is 0.388 e. The van der Waals surface area contributed by atoms with Crippen molar-refractivity contribution in [1.82, 2.24) is 4.90 Å². The van der Waals surface area contributed by atoms with Crippen molar-refractivity contribution in [2.45, 2.75) is 25.0 Å². The van der Waals surface area contributed by atoms with E-state index in [2.05, 4.69) is 15.9 Å². The summed E-state index contributed by atoms with van der Waals surface area (Å²) in [6.45, 7) is 2.21. The number of benzene rings is 1. The van der Waals surface area contributed by atoms with E-state index < -0.39 is 5.60 Å². The van der Waals surface area contributed by atoms with Gasteiger partial charge in [-0.2, -0.15) is 0 Å². The average Bonchev–Trinajstić information content (AvgIpc) is 2.33. The number of hydrogen-bond acceptors (Lipinski definition) is 3. The second-order valence-corrected chi connectivity index (χ2v) is 6.16. The molecule has 1 fully saturated rings. The first-order valence-electron chi connectivity index (χ1n) is 6.41. The van der Waals surface area contributed by atoms with E-state index >= 15 is 0 Å². The Hall–Kier alpha value is -0.490. The van der Waals surface area contributed by atoms with Crippen molar-refractivity contribution in [3.63, 3.8) is 0 Å². The van der Waals surface area contributed by atoms with E-state index in [-0.39, 0.29) is 5.82 Å². The number of aliphatic hydroxyl groups is 1. The van der Waals surface area contributed by atoms with Gasteiger partial charge in [0.2, 0.25) is 0 Å². The summed E-state index contributed by atoms with van der Waals surface area (Å²) in [5.74, 6) is -0.222. The van der Waals surface area contributed by atoms with Gasteiger partial charge >= 0.3 is 0 Å². The molecule has 3 nitrogen and oxygen atoms in total. The van der Waals surface area contributed by atoms with Crippen molar-refractivity contribution in [3.05, 3.63) is 34.1 Å². The lowest BCUT2D eigenvalue weighted by atomic mass is 9.94. The van der Waals surface area contributed by atoms with E-state index in [0.29, 0.717) is 44.7 Å². The number of nitrogens with zero attached hydrogens (tertiary/aromatic N) is 1. The molecule has 0 atom stereocenters. The highest BCUT2D eigenvalue weighted by atomic mass is 79.9. The fourth-order valence-corrected chi connectivity index (χ4v) is 2.74. The molecule has 0 radical (unpaired) electrons. The third kappa shape index (κ3) is 4.24. The Morgan fingerprint density at radius 1 is 1.42 bits per heavy atom. The number of halogens is 2. The summed E-state index contributed by atoms with van der Waals surface area (Å²) in [6, 6.07) is 5.06. The lowest BCUT2D eigenvalue weighted by Gasteiger charge is -2.35. The first-order chi connectivity index (χ1) is 8.98. The zero-order valence-corrected chi connectivity index (χ0v) is 12.6. The molecule has 0 spiro atoms. The molecular formula is C14H19BrFNO2. The van der Waals surface area contributed by atoms with Crippen LogP contribution < -0.4 is 0 Å². The first-order valence-corrected chi connectivity index (χ1v) is 7.20. The molecule has 1 aliphatic heterocycles. The quantitative estimate of drug-likeness (QED) is 0.920. The highest BCUT2D eigenvalue weighted by Gasteiger charge is 2.31. The summed E-state index contributed by atoms with van der Waals surface area (Å²) in [5, 5.41) is 10.4. The number of rotatable bonds is 4. The van der Waals surface area contributed by atoms with Crippen LogP contribution in [0, 0.1) is 5.82 Å². The van der Waals surface area contributed by atoms with Crippen LogP contribution in [-0.4, -0.2) is 42.4 Å². The van der Waals surface area contributed by atoms with Gasteiger partial charge in [-0.3, -0.25) is 4.90 Å². The summed E-state index contributed by atoms with van der Waals surface area (Å²) >= 11 is 3.24. The van der Waals surface area contributed by atoms with Gasteiger partial charge in [0.1, 0.15) is 5.82 Å². The monoisotopic (exact) mass is 331 g/mol. The van der Waals surface area contributed by atoms with Crippen LogP contribution in [0.4, 0.5) is 4.39 Å². The van der Waals surface area contributed by atoms with Crippen LogP contribution in [0.2, 0.25) is 0 Å². The van der Waals surface area contributed by atoms with Crippen LogP contribution in [0.5, 0.6) is 0 Å². The smallest absolute Gasteiger partial charge is 0.128 e. The minimum atomic E-state index is -0.709. The fraction of sp³-hybridized carbons (Fsp3) is 0.571. The second kappa shape index (κ2) is 6.31. The molecule has 1 heterocycles. The third-order valence-electron chi connectivity index (χ3n) is 3.44. The maximum atomic E-state index is 13.7. The van der Waals surface area contributed by atoms with Crippen molar-refractivity contribution in [1.29, 1.82) is 0 Å². The minimum absolute atomic E-state index is 0.222. The fourth-order valence-electron chi connectivity index (χ4n) is 2.41. The zero-order chi connectivity index (χ0) is 13.9. The lowest BCUT2D eigenvalue weighted by molar-refractivity contribution is -0.0778. The van der Waals surface area contributed by atoms with Gasteiger partial charge in [0.05, 0.1) is 5.60 Å². The van der Waals surface area contributed by atoms with E-state index in [1.807, 2.05) is 18.0 Å². The number of likely N-dealkylation sites (N-methyl/N-ethyl adjacent to an activating group) is 1. The van der Waals surface area contributed by atoms with Crippen molar-refractivity contribution in [2.24, 2.45) is 0 Å². The van der Waals surface area contributed by atoms with Gasteiger partial charge in [-0.1, -0.05) is 22.0 Å². The van der Waals surface area contributed by atoms with E-state index in [4.69, 9.17) is 4.74 Å². The molecule has 1 N–H and O–H groups in total. The molecule has 5 heteroatoms. The summed E-state index contributed by atoms with van der Waals surface area (Å²) < 4.78 is 19.7. The van der Waals surface area contributed by atoms with Crippen LogP contribution >= 0.6 is 15.9 Å². The van der Waals surface area contributed by atoms with E-state index in [0.717, 1.165) is 4.47 Å². The Labute approximate surface area is 121 Å². The molecule has 0 aromatic heterocycles. The molecule has 0 amide bonds. The summed E-state index contributed by atoms with van der Waals surface area (Å²) in [4.78, 5) is 1.96. The maximum absolute atomic E-state index is 13.7. The van der Waals surface area contributed by atoms with Crippen LogP contribution in [0.3, 0.4) is 0 Å². The van der Waals surface area contributed by atoms with Crippen molar-refractivity contribution < 1.29 is 14.2 Å². The molecule has 0 saturated carbocycles. The van der Waals surface area contributed by atoms with Crippen molar-refractivity contribution in [3.8, 4) is 0 Å². The Morgan fingerprint density at radius 2 is 2.11 bits per heavy atom. The molecule has 1 saturated heterocycles. The Morgan fingerprint density at radius 3 is 2.74 bits per heavy atom. The van der Waals surface area contributed by atoms with Gasteiger partial charge in [0.25, 0.3) is 0 Å². The minimum Gasteiger partial charge on any atom is -0.388 e. The van der Waals surface area contributed by atoms with Gasteiger partial charge < -0.3 is 9.84 Å². The molecular weight excluding hydrogens is 313 g/mol. The van der Waals surface area contributed by atoms with Gasteiger partial charge in [-0.15, -0.1) is 0 Å². The average molecular weight is 332 g/mol. The standard InChI is InChI=1S/C14H19BrFNO2/c1-17(10-14(18)4-6-19-7-5-14)9-11-2-3-12(15)8-13(11)16/h2-3,8,18H,4-7,9-10H2,1H3. The van der Waals surface area contributed by atoms with Crippen LogP contribution in [0.1, 0.15) is 18.4 Å².